The van der Waals surface area contributed by atoms with E-state index >= 15 is 0 Å². The molecule has 0 aromatic heterocycles. The van der Waals surface area contributed by atoms with Crippen molar-refractivity contribution in [2.24, 2.45) is 0 Å². The summed E-state index contributed by atoms with van der Waals surface area (Å²) in [5.74, 6) is 0. The molecule has 0 aromatic rings. The zero-order chi connectivity index (χ0) is 6.53. The highest BCUT2D eigenvalue weighted by Crippen LogP contribution is 2.04. The minimum atomic E-state index is 0.454. The molecule has 0 saturated carbocycles. The summed E-state index contributed by atoms with van der Waals surface area (Å²) in [6, 6.07) is 0.454. The quantitative estimate of drug-likeness (QED) is 0.430. The Morgan fingerprint density at radius 3 is 3.00 bits per heavy atom. The van der Waals surface area contributed by atoms with E-state index in [1.165, 1.54) is 12.8 Å². The number of hydrogen-bond donors (Lipinski definition) is 1. The molecule has 1 fully saturated rings. The zero-order valence-corrected chi connectivity index (χ0v) is 5.34. The van der Waals surface area contributed by atoms with Gasteiger partial charge >= 0.3 is 0 Å². The topological polar surface area (TPSA) is 29.1 Å². The van der Waals surface area contributed by atoms with Crippen molar-refractivity contribution in [1.29, 1.82) is 0 Å². The van der Waals surface area contributed by atoms with Crippen LogP contribution in [0.4, 0.5) is 0 Å². The molecule has 50 valence electrons. The van der Waals surface area contributed by atoms with Gasteiger partial charge in [0.1, 0.15) is 6.29 Å². The van der Waals surface area contributed by atoms with Crippen LogP contribution in [-0.4, -0.2) is 18.9 Å². The van der Waals surface area contributed by atoms with Crippen molar-refractivity contribution >= 4 is 6.29 Å². The van der Waals surface area contributed by atoms with Gasteiger partial charge in [0.15, 0.2) is 0 Å². The first-order valence-corrected chi connectivity index (χ1v) is 3.29. The molecule has 1 unspecified atom stereocenters. The summed E-state index contributed by atoms with van der Waals surface area (Å²) in [5.41, 5.74) is 0. The van der Waals surface area contributed by atoms with Crippen LogP contribution in [0.3, 0.4) is 0 Å². The second-order valence-corrected chi connectivity index (χ2v) is 2.22. The predicted octanol–water partition coefficient (Wildman–Crippen LogP) is 0.493. The Hall–Kier alpha value is -0.630. The van der Waals surface area contributed by atoms with Gasteiger partial charge in [-0.2, -0.15) is 0 Å². The molecule has 1 N–H and O–H groups in total. The molecular weight excluding hydrogens is 114 g/mol. The van der Waals surface area contributed by atoms with Gasteiger partial charge in [0.25, 0.3) is 0 Å². The van der Waals surface area contributed by atoms with Gasteiger partial charge in [-0.25, -0.2) is 0 Å². The maximum atomic E-state index is 9.85. The molecule has 0 amide bonds. The Labute approximate surface area is 54.9 Å². The van der Waals surface area contributed by atoms with Crippen LogP contribution in [0.1, 0.15) is 12.8 Å². The van der Waals surface area contributed by atoms with Crippen molar-refractivity contribution in [2.75, 3.05) is 6.54 Å². The minimum absolute atomic E-state index is 0.454. The van der Waals surface area contributed by atoms with E-state index in [9.17, 15) is 4.79 Å². The summed E-state index contributed by atoms with van der Waals surface area (Å²) in [6.07, 6.45) is 6.70. The van der Waals surface area contributed by atoms with Crippen molar-refractivity contribution in [1.82, 2.24) is 5.32 Å². The Balaban J connectivity index is 2.25. The average Bonchev–Trinajstić information content (AvgIpc) is 2.34. The monoisotopic (exact) mass is 125 g/mol. The predicted molar refractivity (Wildman–Crippen MR) is 36.2 cm³/mol. The maximum absolute atomic E-state index is 9.85. The van der Waals surface area contributed by atoms with Crippen molar-refractivity contribution < 1.29 is 4.79 Å². The van der Waals surface area contributed by atoms with Crippen LogP contribution in [0.2, 0.25) is 0 Å². The van der Waals surface area contributed by atoms with Crippen molar-refractivity contribution in [3.63, 3.8) is 0 Å². The summed E-state index contributed by atoms with van der Waals surface area (Å²) in [6.45, 7) is 1.09. The molecule has 1 atom stereocenters. The molecular formula is C7H11NO. The molecule has 1 aliphatic heterocycles. The molecule has 0 aromatic carbocycles. The van der Waals surface area contributed by atoms with Crippen molar-refractivity contribution in [3.8, 4) is 0 Å². The van der Waals surface area contributed by atoms with Gasteiger partial charge < -0.3 is 5.32 Å². The smallest absolute Gasteiger partial charge is 0.142 e. The largest absolute Gasteiger partial charge is 0.311 e. The van der Waals surface area contributed by atoms with Crippen molar-refractivity contribution in [3.05, 3.63) is 12.2 Å². The first-order chi connectivity index (χ1) is 4.43. The van der Waals surface area contributed by atoms with Crippen LogP contribution in [0.15, 0.2) is 12.2 Å². The minimum Gasteiger partial charge on any atom is -0.311 e. The van der Waals surface area contributed by atoms with Crippen LogP contribution >= 0.6 is 0 Å². The van der Waals surface area contributed by atoms with Gasteiger partial charge in [-0.05, 0) is 25.5 Å². The normalized spacial score (nSPS) is 27.3. The lowest BCUT2D eigenvalue weighted by Crippen LogP contribution is -2.18. The lowest BCUT2D eigenvalue weighted by atomic mass is 10.2. The highest BCUT2D eigenvalue weighted by Gasteiger charge is 2.08. The summed E-state index contributed by atoms with van der Waals surface area (Å²) < 4.78 is 0. The number of allylic oxidation sites excluding steroid dienone is 1. The summed E-state index contributed by atoms with van der Waals surface area (Å²) >= 11 is 0. The van der Waals surface area contributed by atoms with Gasteiger partial charge in [-0.3, -0.25) is 4.79 Å². The van der Waals surface area contributed by atoms with Gasteiger partial charge in [0.05, 0.1) is 0 Å². The number of carbonyl (C=O) groups excluding carboxylic acids is 1. The first-order valence-electron chi connectivity index (χ1n) is 3.29. The Bertz CT molecular complexity index is 114. The van der Waals surface area contributed by atoms with E-state index in [0.717, 1.165) is 12.8 Å². The average molecular weight is 125 g/mol. The van der Waals surface area contributed by atoms with E-state index in [2.05, 4.69) is 5.32 Å². The summed E-state index contributed by atoms with van der Waals surface area (Å²) in [4.78, 5) is 9.85. The number of carbonyl (C=O) groups is 1. The van der Waals surface area contributed by atoms with E-state index in [1.807, 2.05) is 6.08 Å². The molecule has 1 heterocycles. The first kappa shape index (κ1) is 6.49. The van der Waals surface area contributed by atoms with E-state index in [0.29, 0.717) is 6.04 Å². The molecule has 9 heavy (non-hydrogen) atoms. The fraction of sp³-hybridized carbons (Fsp3) is 0.571. The molecule has 1 saturated heterocycles. The van der Waals surface area contributed by atoms with Gasteiger partial charge in [-0.15, -0.1) is 0 Å². The van der Waals surface area contributed by atoms with Crippen LogP contribution in [0.25, 0.3) is 0 Å². The number of aldehydes is 1. The van der Waals surface area contributed by atoms with E-state index in [-0.39, 0.29) is 0 Å². The molecule has 0 spiro atoms. The fourth-order valence-corrected chi connectivity index (χ4v) is 1.06. The van der Waals surface area contributed by atoms with E-state index < -0.39 is 0 Å². The highest BCUT2D eigenvalue weighted by atomic mass is 16.1. The zero-order valence-electron chi connectivity index (χ0n) is 5.34. The third-order valence-corrected chi connectivity index (χ3v) is 1.52. The standard InChI is InChI=1S/C7H11NO/c9-6-2-4-7-3-1-5-8-7/h2,4,6-8H,1,3,5H2. The molecule has 1 rings (SSSR count). The number of hydrogen-bond acceptors (Lipinski definition) is 2. The molecule has 2 nitrogen and oxygen atoms in total. The maximum Gasteiger partial charge on any atom is 0.142 e. The van der Waals surface area contributed by atoms with Gasteiger partial charge in [-0.1, -0.05) is 6.08 Å². The molecule has 0 bridgehead atoms. The lowest BCUT2D eigenvalue weighted by molar-refractivity contribution is -0.104. The Morgan fingerprint density at radius 1 is 1.56 bits per heavy atom. The molecule has 1 aliphatic rings. The molecule has 0 radical (unpaired) electrons. The second kappa shape index (κ2) is 3.41. The summed E-state index contributed by atoms with van der Waals surface area (Å²) in [7, 11) is 0. The fourth-order valence-electron chi connectivity index (χ4n) is 1.06. The second-order valence-electron chi connectivity index (χ2n) is 2.22. The third-order valence-electron chi connectivity index (χ3n) is 1.52. The van der Waals surface area contributed by atoms with E-state index in [4.69, 9.17) is 0 Å². The van der Waals surface area contributed by atoms with Crippen LogP contribution < -0.4 is 5.32 Å². The number of nitrogens with one attached hydrogen (secondary N) is 1. The Morgan fingerprint density at radius 2 is 2.44 bits per heavy atom. The highest BCUT2D eigenvalue weighted by molar-refractivity contribution is 5.64. The van der Waals surface area contributed by atoms with Crippen molar-refractivity contribution in [2.45, 2.75) is 18.9 Å². The van der Waals surface area contributed by atoms with Crippen LogP contribution in [0, 0.1) is 0 Å². The van der Waals surface area contributed by atoms with Crippen LogP contribution in [0.5, 0.6) is 0 Å². The SMILES string of the molecule is O=CC=CC1CCCN1. The number of rotatable bonds is 2. The lowest BCUT2D eigenvalue weighted by Gasteiger charge is -1.99. The summed E-state index contributed by atoms with van der Waals surface area (Å²) in [5, 5.41) is 3.25. The Kier molecular flexibility index (Phi) is 2.46. The van der Waals surface area contributed by atoms with Gasteiger partial charge in [0, 0.05) is 6.04 Å². The van der Waals surface area contributed by atoms with E-state index in [1.54, 1.807) is 6.08 Å². The van der Waals surface area contributed by atoms with Gasteiger partial charge in [0.2, 0.25) is 0 Å². The van der Waals surface area contributed by atoms with Crippen LogP contribution in [-0.2, 0) is 4.79 Å². The molecule has 0 aliphatic carbocycles. The molecule has 2 heteroatoms. The third kappa shape index (κ3) is 1.98.